The Kier molecular flexibility index (Phi) is 15.7. The highest BCUT2D eigenvalue weighted by Gasteiger charge is 2.42. The summed E-state index contributed by atoms with van der Waals surface area (Å²) in [6.07, 6.45) is -0.00822. The van der Waals surface area contributed by atoms with E-state index in [4.69, 9.17) is 13.9 Å². The number of benzene rings is 1. The number of nitrogens with one attached hydrogen (secondary N) is 2. The predicted octanol–water partition coefficient (Wildman–Crippen LogP) is 6.10. The number of cyclic esters (lactones) is 1. The molecule has 3 saturated heterocycles. The zero-order chi connectivity index (χ0) is 53.4. The Labute approximate surface area is 429 Å². The van der Waals surface area contributed by atoms with Gasteiger partial charge in [-0.05, 0) is 101 Å². The zero-order valence-electron chi connectivity index (χ0n) is 43.7. The Bertz CT molecular complexity index is 2840. The molecule has 5 atom stereocenters. The van der Waals surface area contributed by atoms with Gasteiger partial charge in [-0.2, -0.15) is 13.2 Å². The average molecular weight is 1030 g/mol. The van der Waals surface area contributed by atoms with Gasteiger partial charge in [-0.15, -0.1) is 0 Å². The van der Waals surface area contributed by atoms with Crippen LogP contribution in [0.25, 0.3) is 33.5 Å². The molecule has 4 aliphatic heterocycles. The SMILES string of the molecule is CO[C@@H](C)c1ncccc1-c1c2c3cc(ccc3n1CC(F)(F)F)-c1cnc(o1)C[C@H](NC(=O)C(C(C)C)N(C)C(=O)[C@H]1CCN(C(=O)C#CC(C)(C)N3CCC3)C1)C(=O)N1CCC[C@H](N1)C(=O)OCC(C)(C)C2. The summed E-state index contributed by atoms with van der Waals surface area (Å²) in [6, 6.07) is 5.10. The van der Waals surface area contributed by atoms with Crippen molar-refractivity contribution in [3.63, 3.8) is 0 Å². The molecule has 1 unspecified atom stereocenters. The number of methoxy groups -OCH3 is 1. The van der Waals surface area contributed by atoms with E-state index >= 15 is 0 Å². The van der Waals surface area contributed by atoms with Gasteiger partial charge in [-0.1, -0.05) is 33.6 Å². The molecule has 4 aliphatic rings. The maximum Gasteiger partial charge on any atom is 0.406 e. The number of amides is 4. The first-order valence-electron chi connectivity index (χ1n) is 25.5. The standard InChI is InChI=1S/C54H68F3N9O8/c1-32(2)46(62(8)49(69)35-18-24-63(29-35)44(67)17-19-53(6,7)64-21-12-22-64)48(68)60-40-26-43-59-28-42(74-43)34-15-16-41-37(25-34)38(27-52(4,5)31-73-51(71)39-14-11-23-66(61-39)50(40)70)47(65(41)30-54(55,56)57)36-13-10-20-58-45(36)33(3)72-9/h10,13,15-16,20,25,28,32-33,35,39-40,46,61H,11-12,14,18,21-24,26-27,29-31H2,1-9H3,(H,60,68)/t33-,35-,39-,40-,46?/m0/s1. The lowest BCUT2D eigenvalue weighted by Crippen LogP contribution is -2.62. The number of halogens is 3. The summed E-state index contributed by atoms with van der Waals surface area (Å²) in [7, 11) is 3.05. The second-order valence-electron chi connectivity index (χ2n) is 21.7. The van der Waals surface area contributed by atoms with Crippen LogP contribution in [0.4, 0.5) is 13.2 Å². The number of alkyl halides is 3. The molecule has 3 aromatic heterocycles. The molecule has 0 radical (unpaired) electrons. The molecule has 3 fully saturated rings. The molecule has 17 nitrogen and oxygen atoms in total. The number of esters is 1. The zero-order valence-corrected chi connectivity index (χ0v) is 43.7. The third-order valence-corrected chi connectivity index (χ3v) is 14.8. The normalized spacial score (nSPS) is 21.6. The molecule has 4 amide bonds. The van der Waals surface area contributed by atoms with E-state index in [1.165, 1.54) is 27.8 Å². The molecule has 7 heterocycles. The first-order valence-corrected chi connectivity index (χ1v) is 25.5. The molecule has 6 bridgehead atoms. The molecular weight excluding hydrogens is 960 g/mol. The van der Waals surface area contributed by atoms with Crippen molar-refractivity contribution in [3.05, 3.63) is 59.9 Å². The number of oxazole rings is 1. The molecule has 74 heavy (non-hydrogen) atoms. The number of carbonyl (C=O) groups is 5. The number of likely N-dealkylation sites (tertiary alicyclic amines) is 2. The summed E-state index contributed by atoms with van der Waals surface area (Å²) >= 11 is 0. The number of carbonyl (C=O) groups excluding carboxylic acids is 5. The molecule has 0 spiro atoms. The molecule has 4 aromatic rings. The second-order valence-corrected chi connectivity index (χ2v) is 21.7. The van der Waals surface area contributed by atoms with Crippen LogP contribution in [0.2, 0.25) is 0 Å². The Hall–Kier alpha value is -6.30. The van der Waals surface area contributed by atoms with E-state index in [1.54, 1.807) is 69.2 Å². The Morgan fingerprint density at radius 2 is 1.80 bits per heavy atom. The summed E-state index contributed by atoms with van der Waals surface area (Å²) in [5, 5.41) is 4.69. The fourth-order valence-electron chi connectivity index (χ4n) is 10.6. The van der Waals surface area contributed by atoms with Gasteiger partial charge in [-0.25, -0.2) is 10.4 Å². The number of aromatic nitrogens is 3. The molecular formula is C54H68F3N9O8. The number of hydrazine groups is 1. The Balaban J connectivity index is 1.12. The van der Waals surface area contributed by atoms with Gasteiger partial charge in [0.2, 0.25) is 11.8 Å². The van der Waals surface area contributed by atoms with Gasteiger partial charge in [0.25, 0.3) is 11.8 Å². The number of rotatable bonds is 10. The van der Waals surface area contributed by atoms with Crippen LogP contribution in [-0.2, 0) is 52.8 Å². The van der Waals surface area contributed by atoms with Crippen LogP contribution in [-0.4, -0.2) is 147 Å². The summed E-state index contributed by atoms with van der Waals surface area (Å²) in [4.78, 5) is 84.8. The lowest BCUT2D eigenvalue weighted by atomic mass is 9.84. The van der Waals surface area contributed by atoms with Crippen LogP contribution < -0.4 is 10.7 Å². The van der Waals surface area contributed by atoms with Gasteiger partial charge in [0.15, 0.2) is 11.7 Å². The Morgan fingerprint density at radius 3 is 2.49 bits per heavy atom. The summed E-state index contributed by atoms with van der Waals surface area (Å²) in [5.41, 5.74) is 4.28. The van der Waals surface area contributed by atoms with E-state index in [0.717, 1.165) is 19.5 Å². The summed E-state index contributed by atoms with van der Waals surface area (Å²) in [6.45, 7) is 14.2. The summed E-state index contributed by atoms with van der Waals surface area (Å²) < 4.78 is 63.3. The van der Waals surface area contributed by atoms with Crippen LogP contribution in [0.3, 0.4) is 0 Å². The van der Waals surface area contributed by atoms with Crippen LogP contribution in [0, 0.1) is 29.1 Å². The van der Waals surface area contributed by atoms with Gasteiger partial charge in [0.1, 0.15) is 24.7 Å². The van der Waals surface area contributed by atoms with Crippen molar-refractivity contribution in [2.24, 2.45) is 17.3 Å². The Morgan fingerprint density at radius 1 is 1.04 bits per heavy atom. The van der Waals surface area contributed by atoms with Crippen molar-refractivity contribution in [1.82, 2.24) is 45.0 Å². The quantitative estimate of drug-likeness (QED) is 0.138. The van der Waals surface area contributed by atoms with E-state index in [-0.39, 0.29) is 56.0 Å². The van der Waals surface area contributed by atoms with Crippen LogP contribution in [0.5, 0.6) is 0 Å². The molecule has 8 rings (SSSR count). The van der Waals surface area contributed by atoms with E-state index in [0.29, 0.717) is 64.8 Å². The third-order valence-electron chi connectivity index (χ3n) is 14.8. The summed E-state index contributed by atoms with van der Waals surface area (Å²) in [5.74, 6) is 2.71. The molecule has 398 valence electrons. The van der Waals surface area contributed by atoms with Gasteiger partial charge >= 0.3 is 12.1 Å². The lowest BCUT2D eigenvalue weighted by Gasteiger charge is -2.41. The molecule has 2 N–H and O–H groups in total. The minimum absolute atomic E-state index is 0.0654. The molecule has 0 aliphatic carbocycles. The minimum Gasteiger partial charge on any atom is -0.464 e. The van der Waals surface area contributed by atoms with E-state index in [1.807, 2.05) is 27.7 Å². The van der Waals surface area contributed by atoms with Crippen LogP contribution >= 0.6 is 0 Å². The highest BCUT2D eigenvalue weighted by molar-refractivity contribution is 5.97. The van der Waals surface area contributed by atoms with Gasteiger partial charge in [-0.3, -0.25) is 38.9 Å². The molecule has 0 saturated carbocycles. The minimum atomic E-state index is -4.62. The van der Waals surface area contributed by atoms with Crippen molar-refractivity contribution < 1.29 is 51.0 Å². The van der Waals surface area contributed by atoms with Crippen molar-refractivity contribution in [1.29, 1.82) is 0 Å². The number of hydrogen-bond donors (Lipinski definition) is 2. The van der Waals surface area contributed by atoms with E-state index in [2.05, 4.69) is 37.5 Å². The number of nitrogens with zero attached hydrogens (tertiary/aromatic N) is 7. The number of fused-ring (bicyclic) bond motifs is 6. The molecule has 20 heteroatoms. The number of pyridine rings is 1. The van der Waals surface area contributed by atoms with Crippen molar-refractivity contribution in [3.8, 4) is 34.4 Å². The first-order chi connectivity index (χ1) is 34.9. The van der Waals surface area contributed by atoms with Crippen molar-refractivity contribution >= 4 is 40.5 Å². The van der Waals surface area contributed by atoms with Gasteiger partial charge < -0.3 is 33.6 Å². The van der Waals surface area contributed by atoms with E-state index < -0.39 is 77.5 Å². The highest BCUT2D eigenvalue weighted by atomic mass is 19.4. The largest absolute Gasteiger partial charge is 0.464 e. The van der Waals surface area contributed by atoms with Gasteiger partial charge in [0, 0.05) is 80.5 Å². The number of likely N-dealkylation sites (N-methyl/N-ethyl adjacent to an activating group) is 1. The van der Waals surface area contributed by atoms with Gasteiger partial charge in [0.05, 0.1) is 48.2 Å². The average Bonchev–Trinajstić information content (AvgIpc) is 4.09. The predicted molar refractivity (Wildman–Crippen MR) is 268 cm³/mol. The highest BCUT2D eigenvalue weighted by Crippen LogP contribution is 2.43. The van der Waals surface area contributed by atoms with Crippen molar-refractivity contribution in [2.45, 2.75) is 129 Å². The van der Waals surface area contributed by atoms with Crippen LogP contribution in [0.15, 0.2) is 47.1 Å². The maximum atomic E-state index is 14.7. The van der Waals surface area contributed by atoms with E-state index in [9.17, 15) is 37.1 Å². The fraction of sp³-hybridized carbons (Fsp3) is 0.574. The monoisotopic (exact) mass is 1030 g/mol. The topological polar surface area (TPSA) is 185 Å². The van der Waals surface area contributed by atoms with Crippen LogP contribution in [0.1, 0.15) is 97.4 Å². The second kappa shape index (κ2) is 21.5. The maximum absolute atomic E-state index is 14.7. The first kappa shape index (κ1) is 54.0. The lowest BCUT2D eigenvalue weighted by molar-refractivity contribution is -0.155. The molecule has 1 aromatic carbocycles. The third kappa shape index (κ3) is 11.6. The number of hydrogen-bond acceptors (Lipinski definition) is 12. The smallest absolute Gasteiger partial charge is 0.406 e. The van der Waals surface area contributed by atoms with Crippen molar-refractivity contribution in [2.75, 3.05) is 53.5 Å². The number of ether oxygens (including phenoxy) is 2. The fourth-order valence-corrected chi connectivity index (χ4v) is 10.6.